The van der Waals surface area contributed by atoms with Gasteiger partial charge in [0.25, 0.3) is 0 Å². The Kier molecular flexibility index (Phi) is 6.09. The fraction of sp³-hybridized carbons (Fsp3) is 0.643. The number of nitrogens with zero attached hydrogens (tertiary/aromatic N) is 1. The van der Waals surface area contributed by atoms with Gasteiger partial charge in [0.1, 0.15) is 0 Å². The summed E-state index contributed by atoms with van der Waals surface area (Å²) in [7, 11) is 0. The molecule has 1 heterocycles. The van der Waals surface area contributed by atoms with Gasteiger partial charge in [-0.2, -0.15) is 0 Å². The van der Waals surface area contributed by atoms with Crippen LogP contribution >= 0.6 is 0 Å². The Hall–Kier alpha value is -1.13. The normalized spacial score (nSPS) is 11.2. The number of hydrogen-bond acceptors (Lipinski definition) is 3. The van der Waals surface area contributed by atoms with E-state index in [0.717, 1.165) is 36.3 Å². The van der Waals surface area contributed by atoms with E-state index in [0.29, 0.717) is 13.1 Å². The van der Waals surface area contributed by atoms with Crippen LogP contribution in [0.4, 0.5) is 0 Å². The molecule has 1 aromatic heterocycles. The van der Waals surface area contributed by atoms with E-state index in [-0.39, 0.29) is 12.4 Å². The molecule has 102 valence electrons. The third kappa shape index (κ3) is 4.27. The maximum Gasteiger partial charge on any atom is 0.178 e. The molecular weight excluding hydrogens is 228 g/mol. The van der Waals surface area contributed by atoms with Crippen molar-refractivity contribution in [1.82, 2.24) is 9.88 Å². The first-order valence-electron chi connectivity index (χ1n) is 6.61. The Morgan fingerprint density at radius 2 is 2.11 bits per heavy atom. The molecule has 4 nitrogen and oxygen atoms in total. The lowest BCUT2D eigenvalue weighted by Crippen LogP contribution is -2.33. The molecule has 0 aliphatic rings. The topological polar surface area (TPSA) is 56.3 Å². The van der Waals surface area contributed by atoms with Crippen LogP contribution in [0.3, 0.4) is 0 Å². The molecule has 18 heavy (non-hydrogen) atoms. The SMILES string of the molecule is CCCCN(CCO)CC(=O)c1cc(C)[nH]c1C. The smallest absolute Gasteiger partial charge is 0.178 e. The lowest BCUT2D eigenvalue weighted by Gasteiger charge is -2.19. The van der Waals surface area contributed by atoms with Crippen molar-refractivity contribution in [1.29, 1.82) is 0 Å². The second-order valence-electron chi connectivity index (χ2n) is 4.77. The standard InChI is InChI=1S/C14H24N2O2/c1-4-5-6-16(7-8-17)10-14(18)13-9-11(2)15-12(13)3/h9,15,17H,4-8,10H2,1-3H3. The van der Waals surface area contributed by atoms with Crippen LogP contribution in [0.5, 0.6) is 0 Å². The largest absolute Gasteiger partial charge is 0.395 e. The highest BCUT2D eigenvalue weighted by molar-refractivity contribution is 5.98. The lowest BCUT2D eigenvalue weighted by molar-refractivity contribution is 0.0913. The number of unbranched alkanes of at least 4 members (excludes halogenated alkanes) is 1. The van der Waals surface area contributed by atoms with Crippen LogP contribution in [0, 0.1) is 13.8 Å². The zero-order valence-corrected chi connectivity index (χ0v) is 11.6. The van der Waals surface area contributed by atoms with Crippen LogP contribution in [-0.4, -0.2) is 47.0 Å². The summed E-state index contributed by atoms with van der Waals surface area (Å²) < 4.78 is 0. The van der Waals surface area contributed by atoms with Crippen molar-refractivity contribution in [2.45, 2.75) is 33.6 Å². The lowest BCUT2D eigenvalue weighted by atomic mass is 10.1. The van der Waals surface area contributed by atoms with Crippen LogP contribution in [0.1, 0.15) is 41.5 Å². The number of ketones is 1. The van der Waals surface area contributed by atoms with Gasteiger partial charge in [-0.15, -0.1) is 0 Å². The summed E-state index contributed by atoms with van der Waals surface area (Å²) in [6.07, 6.45) is 2.15. The predicted octanol–water partition coefficient (Wildman–Crippen LogP) is 1.91. The van der Waals surface area contributed by atoms with Gasteiger partial charge < -0.3 is 10.1 Å². The van der Waals surface area contributed by atoms with E-state index in [1.54, 1.807) is 0 Å². The zero-order chi connectivity index (χ0) is 13.5. The van der Waals surface area contributed by atoms with Crippen molar-refractivity contribution < 1.29 is 9.90 Å². The molecule has 0 saturated carbocycles. The van der Waals surface area contributed by atoms with Gasteiger partial charge in [-0.25, -0.2) is 0 Å². The molecule has 4 heteroatoms. The predicted molar refractivity (Wildman–Crippen MR) is 73.0 cm³/mol. The molecule has 0 saturated heterocycles. The minimum atomic E-state index is 0.0993. The number of hydrogen-bond donors (Lipinski definition) is 2. The van der Waals surface area contributed by atoms with E-state index in [2.05, 4.69) is 11.9 Å². The Bertz CT molecular complexity index is 385. The van der Waals surface area contributed by atoms with E-state index in [9.17, 15) is 4.79 Å². The highest BCUT2D eigenvalue weighted by atomic mass is 16.3. The first-order chi connectivity index (χ1) is 8.58. The molecule has 0 aromatic carbocycles. The zero-order valence-electron chi connectivity index (χ0n) is 11.6. The molecule has 2 N–H and O–H groups in total. The number of aliphatic hydroxyl groups excluding tert-OH is 1. The summed E-state index contributed by atoms with van der Waals surface area (Å²) in [6, 6.07) is 1.90. The van der Waals surface area contributed by atoms with Crippen LogP contribution < -0.4 is 0 Å². The van der Waals surface area contributed by atoms with Gasteiger partial charge in [0.15, 0.2) is 5.78 Å². The van der Waals surface area contributed by atoms with Crippen LogP contribution in [0.25, 0.3) is 0 Å². The highest BCUT2D eigenvalue weighted by Crippen LogP contribution is 2.11. The number of aliphatic hydroxyl groups is 1. The summed E-state index contributed by atoms with van der Waals surface area (Å²) in [5.41, 5.74) is 2.71. The van der Waals surface area contributed by atoms with Gasteiger partial charge >= 0.3 is 0 Å². The number of Topliss-reactive ketones (excluding diaryl/α,β-unsaturated/α-hetero) is 1. The van der Waals surface area contributed by atoms with E-state index in [1.807, 2.05) is 24.8 Å². The van der Waals surface area contributed by atoms with Gasteiger partial charge in [0.2, 0.25) is 0 Å². The minimum Gasteiger partial charge on any atom is -0.395 e. The minimum absolute atomic E-state index is 0.0993. The van der Waals surface area contributed by atoms with Crippen LogP contribution in [0.2, 0.25) is 0 Å². The fourth-order valence-corrected chi connectivity index (χ4v) is 2.09. The highest BCUT2D eigenvalue weighted by Gasteiger charge is 2.15. The average Bonchev–Trinajstić information content (AvgIpc) is 2.65. The summed E-state index contributed by atoms with van der Waals surface area (Å²) in [5, 5.41) is 9.02. The molecule has 1 aromatic rings. The van der Waals surface area contributed by atoms with Gasteiger partial charge in [-0.3, -0.25) is 9.69 Å². The van der Waals surface area contributed by atoms with Gasteiger partial charge in [-0.1, -0.05) is 13.3 Å². The number of nitrogens with one attached hydrogen (secondary N) is 1. The van der Waals surface area contributed by atoms with Crippen molar-refractivity contribution in [3.8, 4) is 0 Å². The van der Waals surface area contributed by atoms with Crippen molar-refractivity contribution >= 4 is 5.78 Å². The monoisotopic (exact) mass is 252 g/mol. The molecule has 0 aliphatic carbocycles. The third-order valence-corrected chi connectivity index (χ3v) is 3.06. The summed E-state index contributed by atoms with van der Waals surface area (Å²) >= 11 is 0. The van der Waals surface area contributed by atoms with Crippen molar-refractivity contribution in [2.24, 2.45) is 0 Å². The quantitative estimate of drug-likeness (QED) is 0.695. The Labute approximate surface area is 109 Å². The molecule has 0 atom stereocenters. The van der Waals surface area contributed by atoms with Gasteiger partial charge in [0.05, 0.1) is 13.2 Å². The molecule has 0 fully saturated rings. The third-order valence-electron chi connectivity index (χ3n) is 3.06. The maximum absolute atomic E-state index is 12.2. The number of carbonyl (C=O) groups is 1. The van der Waals surface area contributed by atoms with Crippen molar-refractivity contribution in [3.05, 3.63) is 23.0 Å². The molecule has 0 bridgehead atoms. The second kappa shape index (κ2) is 7.34. The molecule has 1 rings (SSSR count). The molecule has 0 amide bonds. The van der Waals surface area contributed by atoms with Gasteiger partial charge in [-0.05, 0) is 32.9 Å². The van der Waals surface area contributed by atoms with Crippen molar-refractivity contribution in [3.63, 3.8) is 0 Å². The number of aromatic amines is 1. The molecule has 0 radical (unpaired) electrons. The van der Waals surface area contributed by atoms with E-state index < -0.39 is 0 Å². The van der Waals surface area contributed by atoms with E-state index in [4.69, 9.17) is 5.11 Å². The average molecular weight is 252 g/mol. The fourth-order valence-electron chi connectivity index (χ4n) is 2.09. The second-order valence-corrected chi connectivity index (χ2v) is 4.77. The number of aromatic nitrogens is 1. The van der Waals surface area contributed by atoms with E-state index in [1.165, 1.54) is 0 Å². The molecule has 0 spiro atoms. The Morgan fingerprint density at radius 3 is 2.61 bits per heavy atom. The van der Waals surface area contributed by atoms with Crippen molar-refractivity contribution in [2.75, 3.05) is 26.2 Å². The van der Waals surface area contributed by atoms with Crippen LogP contribution in [-0.2, 0) is 0 Å². The van der Waals surface area contributed by atoms with Crippen LogP contribution in [0.15, 0.2) is 6.07 Å². The summed E-state index contributed by atoms with van der Waals surface area (Å²) in [5.74, 6) is 0.126. The Morgan fingerprint density at radius 1 is 1.39 bits per heavy atom. The maximum atomic E-state index is 12.2. The number of H-pyrrole nitrogens is 1. The number of carbonyl (C=O) groups excluding carboxylic acids is 1. The van der Waals surface area contributed by atoms with Gasteiger partial charge in [0, 0.05) is 23.5 Å². The molecule has 0 aliphatic heterocycles. The van der Waals surface area contributed by atoms with E-state index >= 15 is 0 Å². The summed E-state index contributed by atoms with van der Waals surface area (Å²) in [6.45, 7) is 7.91. The number of rotatable bonds is 8. The summed E-state index contributed by atoms with van der Waals surface area (Å²) in [4.78, 5) is 17.4. The first-order valence-corrected chi connectivity index (χ1v) is 6.61. The molecule has 0 unspecified atom stereocenters. The first kappa shape index (κ1) is 14.9. The Balaban J connectivity index is 2.62. The number of aryl methyl sites for hydroxylation is 2. The molecular formula is C14H24N2O2.